The van der Waals surface area contributed by atoms with Crippen molar-refractivity contribution in [2.24, 2.45) is 17.1 Å². The van der Waals surface area contributed by atoms with Crippen molar-refractivity contribution in [2.45, 2.75) is 81.2 Å². The molecule has 5 aliphatic rings. The second kappa shape index (κ2) is 15.7. The Morgan fingerprint density at radius 1 is 0.881 bits per heavy atom. The van der Waals surface area contributed by atoms with Crippen LogP contribution in [0, 0.1) is 11.3 Å². The van der Waals surface area contributed by atoms with Crippen molar-refractivity contribution in [3.8, 4) is 0 Å². The van der Waals surface area contributed by atoms with Gasteiger partial charge in [0.2, 0.25) is 17.7 Å². The lowest BCUT2D eigenvalue weighted by Gasteiger charge is -2.46. The molecule has 1 aliphatic carbocycles. The summed E-state index contributed by atoms with van der Waals surface area (Å²) in [6.45, 7) is 2.76. The SMILES string of the molecule is CS(=O)(=O)c1ccc(Nc2nc(N3CCCC(NC(=O)C4CCC5(CC4)CCN(c4ccc6c(c4)C(=O)N(C4CCC(=O)NC4=O)C6=O)CC5)C3)cnc2C(N)=O)cc1. The number of nitrogens with two attached hydrogens (primary N) is 1. The number of imide groups is 2. The molecule has 4 aliphatic heterocycles. The maximum absolute atomic E-state index is 13.6. The maximum Gasteiger partial charge on any atom is 0.271 e. The molecule has 5 N–H and O–H groups in total. The fraction of sp³-hybridized carbons (Fsp3) is 0.463. The van der Waals surface area contributed by atoms with Crippen LogP contribution in [0.25, 0.3) is 0 Å². The van der Waals surface area contributed by atoms with Crippen LogP contribution in [0.15, 0.2) is 53.6 Å². The molecule has 17 nitrogen and oxygen atoms in total. The van der Waals surface area contributed by atoms with E-state index in [0.29, 0.717) is 24.6 Å². The van der Waals surface area contributed by atoms with Gasteiger partial charge in [-0.2, -0.15) is 0 Å². The number of carbonyl (C=O) groups excluding carboxylic acids is 6. The molecular weight excluding hydrogens is 779 g/mol. The van der Waals surface area contributed by atoms with E-state index in [-0.39, 0.29) is 63.7 Å². The van der Waals surface area contributed by atoms with Crippen molar-refractivity contribution < 1.29 is 37.2 Å². The first kappa shape index (κ1) is 39.9. The van der Waals surface area contributed by atoms with E-state index in [1.807, 2.05) is 11.0 Å². The van der Waals surface area contributed by atoms with Crippen molar-refractivity contribution in [2.75, 3.05) is 47.6 Å². The number of nitrogens with zero attached hydrogens (tertiary/aromatic N) is 5. The Morgan fingerprint density at radius 3 is 2.27 bits per heavy atom. The molecule has 0 bridgehead atoms. The molecule has 5 heterocycles. The molecule has 2 aromatic carbocycles. The lowest BCUT2D eigenvalue weighted by atomic mass is 9.65. The average molecular weight is 826 g/mol. The molecule has 2 atom stereocenters. The summed E-state index contributed by atoms with van der Waals surface area (Å²) in [7, 11) is -3.38. The molecular formula is C41H47N9O8S. The fourth-order valence-corrected chi connectivity index (χ4v) is 9.86. The van der Waals surface area contributed by atoms with Crippen LogP contribution >= 0.6 is 0 Å². The summed E-state index contributed by atoms with van der Waals surface area (Å²) >= 11 is 0. The monoisotopic (exact) mass is 825 g/mol. The van der Waals surface area contributed by atoms with Crippen LogP contribution in [-0.4, -0.2) is 103 Å². The Balaban J connectivity index is 0.837. The van der Waals surface area contributed by atoms with Gasteiger partial charge in [0.25, 0.3) is 17.7 Å². The first-order valence-corrected chi connectivity index (χ1v) is 22.0. The number of rotatable bonds is 9. The van der Waals surface area contributed by atoms with Crippen LogP contribution in [-0.2, 0) is 24.2 Å². The van der Waals surface area contributed by atoms with Crippen LogP contribution in [0.4, 0.5) is 23.0 Å². The van der Waals surface area contributed by atoms with Gasteiger partial charge in [0.05, 0.1) is 22.2 Å². The number of nitrogens with one attached hydrogen (secondary N) is 3. The summed E-state index contributed by atoms with van der Waals surface area (Å²) < 4.78 is 23.8. The van der Waals surface area contributed by atoms with Crippen molar-refractivity contribution in [1.29, 1.82) is 0 Å². The maximum atomic E-state index is 13.6. The Morgan fingerprint density at radius 2 is 1.59 bits per heavy atom. The quantitative estimate of drug-likeness (QED) is 0.228. The topological polar surface area (TPSA) is 234 Å². The molecule has 4 fully saturated rings. The van der Waals surface area contributed by atoms with Crippen LogP contribution in [0.1, 0.15) is 95.4 Å². The molecule has 18 heteroatoms. The molecule has 1 spiro atoms. The normalized spacial score (nSPS) is 22.3. The van der Waals surface area contributed by atoms with Crippen LogP contribution in [0.2, 0.25) is 0 Å². The summed E-state index contributed by atoms with van der Waals surface area (Å²) in [5.41, 5.74) is 7.57. The predicted molar refractivity (Wildman–Crippen MR) is 216 cm³/mol. The highest BCUT2D eigenvalue weighted by atomic mass is 32.2. The number of amides is 6. The molecule has 310 valence electrons. The van der Waals surface area contributed by atoms with Gasteiger partial charge in [-0.15, -0.1) is 0 Å². The van der Waals surface area contributed by atoms with Crippen LogP contribution in [0.5, 0.6) is 0 Å². The molecule has 8 rings (SSSR count). The smallest absolute Gasteiger partial charge is 0.271 e. The Labute approximate surface area is 341 Å². The highest BCUT2D eigenvalue weighted by Crippen LogP contribution is 2.47. The van der Waals surface area contributed by atoms with Gasteiger partial charge < -0.3 is 26.2 Å². The van der Waals surface area contributed by atoms with E-state index in [9.17, 15) is 37.2 Å². The fourth-order valence-electron chi connectivity index (χ4n) is 9.23. The predicted octanol–water partition coefficient (Wildman–Crippen LogP) is 2.69. The lowest BCUT2D eigenvalue weighted by Crippen LogP contribution is -2.54. The van der Waals surface area contributed by atoms with E-state index < -0.39 is 45.4 Å². The largest absolute Gasteiger partial charge is 0.371 e. The zero-order chi connectivity index (χ0) is 41.6. The highest BCUT2D eigenvalue weighted by molar-refractivity contribution is 7.90. The van der Waals surface area contributed by atoms with E-state index in [4.69, 9.17) is 5.73 Å². The minimum atomic E-state index is -3.38. The molecule has 6 amide bonds. The molecule has 1 aromatic heterocycles. The van der Waals surface area contributed by atoms with Crippen molar-refractivity contribution in [3.63, 3.8) is 0 Å². The van der Waals surface area contributed by atoms with E-state index >= 15 is 0 Å². The third kappa shape index (κ3) is 8.09. The van der Waals surface area contributed by atoms with Gasteiger partial charge in [-0.1, -0.05) is 0 Å². The Kier molecular flexibility index (Phi) is 10.6. The summed E-state index contributed by atoms with van der Waals surface area (Å²) in [5, 5.41) is 8.58. The minimum absolute atomic E-state index is 0.0546. The van der Waals surface area contributed by atoms with E-state index in [1.165, 1.54) is 18.3 Å². The third-order valence-corrected chi connectivity index (χ3v) is 13.8. The Hall–Kier alpha value is -5.91. The molecule has 1 saturated carbocycles. The van der Waals surface area contributed by atoms with Gasteiger partial charge in [-0.05, 0) is 106 Å². The Bertz CT molecular complexity index is 2340. The highest BCUT2D eigenvalue weighted by Gasteiger charge is 2.45. The second-order valence-electron chi connectivity index (χ2n) is 16.4. The number of carbonyl (C=O) groups is 6. The second-order valence-corrected chi connectivity index (χ2v) is 18.5. The van der Waals surface area contributed by atoms with Crippen LogP contribution in [0.3, 0.4) is 0 Å². The average Bonchev–Trinajstić information content (AvgIpc) is 3.46. The number of anilines is 4. The van der Waals surface area contributed by atoms with Crippen molar-refractivity contribution in [3.05, 3.63) is 65.5 Å². The number of hydrogen-bond acceptors (Lipinski definition) is 13. The van der Waals surface area contributed by atoms with Gasteiger partial charge in [0.15, 0.2) is 21.3 Å². The van der Waals surface area contributed by atoms with E-state index in [2.05, 4.69) is 30.8 Å². The molecule has 3 saturated heterocycles. The summed E-state index contributed by atoms with van der Waals surface area (Å²) in [4.78, 5) is 90.8. The number of sulfone groups is 1. The van der Waals surface area contributed by atoms with Crippen molar-refractivity contribution in [1.82, 2.24) is 25.5 Å². The number of fused-ring (bicyclic) bond motifs is 1. The summed E-state index contributed by atoms with van der Waals surface area (Å²) in [6, 6.07) is 10.2. The zero-order valence-electron chi connectivity index (χ0n) is 32.7. The minimum Gasteiger partial charge on any atom is -0.371 e. The summed E-state index contributed by atoms with van der Waals surface area (Å²) in [5.74, 6) is -2.20. The number of primary amides is 1. The van der Waals surface area contributed by atoms with Crippen LogP contribution < -0.4 is 31.5 Å². The van der Waals surface area contributed by atoms with E-state index in [1.54, 1.807) is 24.3 Å². The molecule has 0 radical (unpaired) electrons. The molecule has 59 heavy (non-hydrogen) atoms. The van der Waals surface area contributed by atoms with Gasteiger partial charge in [0, 0.05) is 62.2 Å². The standard InChI is InChI=1S/C41H47N9O8S/c1-59(57,58)28-7-4-25(5-8-28)44-36-34(35(42)52)43-22-32(46-36)49-18-2-3-26(23-49)45-37(53)24-12-14-41(15-13-24)16-19-48(20-17-41)27-6-9-29-30(21-27)40(56)50(39(29)55)31-10-11-33(51)47-38(31)54/h4-9,21-22,24,26,31H,2-3,10-20,23H2,1H3,(H2,42,52)(H,44,46)(H,45,53)(H,47,51,54). The zero-order valence-corrected chi connectivity index (χ0v) is 33.6. The van der Waals surface area contributed by atoms with Gasteiger partial charge in [-0.3, -0.25) is 39.0 Å². The third-order valence-electron chi connectivity index (χ3n) is 12.7. The van der Waals surface area contributed by atoms with Gasteiger partial charge in [-0.25, -0.2) is 18.4 Å². The number of aromatic nitrogens is 2. The number of piperidine rings is 3. The first-order valence-electron chi connectivity index (χ1n) is 20.1. The van der Waals surface area contributed by atoms with Gasteiger partial charge >= 0.3 is 0 Å². The summed E-state index contributed by atoms with van der Waals surface area (Å²) in [6.07, 6.45) is 9.82. The molecule has 2 unspecified atom stereocenters. The first-order chi connectivity index (χ1) is 28.2. The lowest BCUT2D eigenvalue weighted by molar-refractivity contribution is -0.136. The van der Waals surface area contributed by atoms with Crippen molar-refractivity contribution >= 4 is 68.3 Å². The van der Waals surface area contributed by atoms with E-state index in [0.717, 1.165) is 81.3 Å². The molecule has 3 aromatic rings. The number of benzene rings is 2. The number of hydrogen-bond donors (Lipinski definition) is 4. The van der Waals surface area contributed by atoms with Gasteiger partial charge in [0.1, 0.15) is 11.9 Å².